The third-order valence-corrected chi connectivity index (χ3v) is 5.16. The summed E-state index contributed by atoms with van der Waals surface area (Å²) in [6, 6.07) is 8.37. The molecule has 0 radical (unpaired) electrons. The van der Waals surface area contributed by atoms with Gasteiger partial charge in [-0.05, 0) is 36.6 Å². The van der Waals surface area contributed by atoms with Crippen LogP contribution in [-0.2, 0) is 16.1 Å². The fraction of sp³-hybridized carbons (Fsp3) is 0.429. The van der Waals surface area contributed by atoms with Crippen LogP contribution in [0.15, 0.2) is 47.5 Å². The Hall–Kier alpha value is -3.16. The predicted octanol–water partition coefficient (Wildman–Crippen LogP) is 2.54. The van der Waals surface area contributed by atoms with E-state index in [9.17, 15) is 14.4 Å². The Kier molecular flexibility index (Phi) is 6.99. The fourth-order valence-electron chi connectivity index (χ4n) is 3.70. The number of nitrogens with one attached hydrogen (secondary N) is 2. The molecule has 1 aliphatic carbocycles. The molecular formula is C21H26N4O4. The highest BCUT2D eigenvalue weighted by molar-refractivity contribution is 5.90. The molecule has 0 bridgehead atoms. The van der Waals surface area contributed by atoms with Gasteiger partial charge in [-0.1, -0.05) is 31.4 Å². The van der Waals surface area contributed by atoms with Gasteiger partial charge >= 0.3 is 17.7 Å². The predicted molar refractivity (Wildman–Crippen MR) is 109 cm³/mol. The van der Waals surface area contributed by atoms with Crippen LogP contribution in [0.25, 0.3) is 0 Å². The van der Waals surface area contributed by atoms with Crippen molar-refractivity contribution < 1.29 is 14.3 Å². The van der Waals surface area contributed by atoms with Crippen molar-refractivity contribution in [3.8, 4) is 0 Å². The first-order chi connectivity index (χ1) is 14.1. The zero-order valence-electron chi connectivity index (χ0n) is 16.5. The van der Waals surface area contributed by atoms with Crippen molar-refractivity contribution in [2.24, 2.45) is 5.92 Å². The van der Waals surface area contributed by atoms with Gasteiger partial charge in [-0.15, -0.1) is 0 Å². The van der Waals surface area contributed by atoms with Crippen molar-refractivity contribution in [3.05, 3.63) is 58.8 Å². The molecule has 2 amide bonds. The molecule has 1 aromatic heterocycles. The van der Waals surface area contributed by atoms with Gasteiger partial charge in [0.1, 0.15) is 0 Å². The van der Waals surface area contributed by atoms with Crippen molar-refractivity contribution in [2.45, 2.75) is 44.7 Å². The molecule has 2 aromatic rings. The van der Waals surface area contributed by atoms with E-state index < -0.39 is 0 Å². The van der Waals surface area contributed by atoms with Crippen LogP contribution in [0, 0.1) is 5.92 Å². The maximum atomic E-state index is 12.5. The Morgan fingerprint density at radius 3 is 2.83 bits per heavy atom. The van der Waals surface area contributed by atoms with E-state index in [1.807, 2.05) is 18.2 Å². The van der Waals surface area contributed by atoms with Crippen LogP contribution < -0.4 is 16.3 Å². The molecule has 2 atom stereocenters. The minimum atomic E-state index is -0.360. The molecule has 29 heavy (non-hydrogen) atoms. The van der Waals surface area contributed by atoms with Gasteiger partial charge in [0.05, 0.1) is 19.6 Å². The minimum absolute atomic E-state index is 0.248. The normalized spacial score (nSPS) is 19.1. The summed E-state index contributed by atoms with van der Waals surface area (Å²) in [4.78, 5) is 40.1. The van der Waals surface area contributed by atoms with Crippen molar-refractivity contribution in [1.82, 2.24) is 14.9 Å². The van der Waals surface area contributed by atoms with Crippen molar-refractivity contribution >= 4 is 17.7 Å². The van der Waals surface area contributed by atoms with E-state index in [1.165, 1.54) is 17.9 Å². The average molecular weight is 398 g/mol. The number of methoxy groups -OCH3 is 1. The number of amides is 2. The molecule has 8 nitrogen and oxygen atoms in total. The van der Waals surface area contributed by atoms with Crippen molar-refractivity contribution in [1.29, 1.82) is 0 Å². The van der Waals surface area contributed by atoms with Crippen LogP contribution in [0.2, 0.25) is 0 Å². The van der Waals surface area contributed by atoms with E-state index in [0.717, 1.165) is 31.2 Å². The van der Waals surface area contributed by atoms with Crippen LogP contribution in [0.3, 0.4) is 0 Å². The third kappa shape index (κ3) is 5.66. The van der Waals surface area contributed by atoms with Crippen LogP contribution in [0.4, 0.5) is 10.5 Å². The van der Waals surface area contributed by atoms with E-state index in [-0.39, 0.29) is 29.6 Å². The number of aromatic nitrogens is 2. The summed E-state index contributed by atoms with van der Waals surface area (Å²) < 4.78 is 6.41. The largest absolute Gasteiger partial charge is 0.469 e. The number of hydrogen-bond acceptors (Lipinski definition) is 5. The second kappa shape index (κ2) is 9.86. The molecule has 0 spiro atoms. The SMILES string of the molecule is COC(=O)[C@H]1CCCCC[C@H]1NC(=O)Nc1cccc(Cn2cccnc2=O)c1. The van der Waals surface area contributed by atoms with Crippen LogP contribution in [0.5, 0.6) is 0 Å². The fourth-order valence-corrected chi connectivity index (χ4v) is 3.70. The maximum absolute atomic E-state index is 12.5. The van der Waals surface area contributed by atoms with Crippen molar-refractivity contribution in [3.63, 3.8) is 0 Å². The number of rotatable bonds is 5. The lowest BCUT2D eigenvalue weighted by atomic mass is 9.95. The van der Waals surface area contributed by atoms with Gasteiger partial charge in [0.15, 0.2) is 0 Å². The summed E-state index contributed by atoms with van der Waals surface area (Å²) in [5.74, 6) is -0.599. The number of anilines is 1. The molecule has 1 aromatic carbocycles. The second-order valence-electron chi connectivity index (χ2n) is 7.20. The Balaban J connectivity index is 1.65. The summed E-state index contributed by atoms with van der Waals surface area (Å²) >= 11 is 0. The Labute approximate surface area is 169 Å². The molecule has 0 unspecified atom stereocenters. The van der Waals surface area contributed by atoms with E-state index >= 15 is 0 Å². The first-order valence-corrected chi connectivity index (χ1v) is 9.82. The van der Waals surface area contributed by atoms with E-state index in [2.05, 4.69) is 15.6 Å². The van der Waals surface area contributed by atoms with Gasteiger partial charge in [0.25, 0.3) is 0 Å². The van der Waals surface area contributed by atoms with Gasteiger partial charge < -0.3 is 15.4 Å². The number of urea groups is 1. The first kappa shape index (κ1) is 20.6. The topological polar surface area (TPSA) is 102 Å². The van der Waals surface area contributed by atoms with Gasteiger partial charge in [-0.2, -0.15) is 0 Å². The van der Waals surface area contributed by atoms with Crippen molar-refractivity contribution in [2.75, 3.05) is 12.4 Å². The molecule has 154 valence electrons. The highest BCUT2D eigenvalue weighted by Crippen LogP contribution is 2.25. The first-order valence-electron chi connectivity index (χ1n) is 9.82. The molecule has 0 aliphatic heterocycles. The number of carbonyl (C=O) groups is 2. The molecule has 1 fully saturated rings. The smallest absolute Gasteiger partial charge is 0.347 e. The van der Waals surface area contributed by atoms with Crippen LogP contribution >= 0.6 is 0 Å². The summed E-state index contributed by atoms with van der Waals surface area (Å²) in [7, 11) is 1.38. The lowest BCUT2D eigenvalue weighted by Gasteiger charge is -2.24. The quantitative estimate of drug-likeness (QED) is 0.595. The maximum Gasteiger partial charge on any atom is 0.347 e. The standard InChI is InChI=1S/C21H26N4O4/c1-29-19(26)17-9-3-2-4-10-18(17)24-20(27)23-16-8-5-7-15(13-16)14-25-12-6-11-22-21(25)28/h5-8,11-13,17-18H,2-4,9-10,14H2,1H3,(H2,23,24,27)/t17-,18+/m0/s1. The number of esters is 1. The number of nitrogens with zero attached hydrogens (tertiary/aromatic N) is 2. The summed E-state index contributed by atoms with van der Waals surface area (Å²) in [5.41, 5.74) is 1.14. The number of ether oxygens (including phenoxy) is 1. The Morgan fingerprint density at radius 2 is 2.03 bits per heavy atom. The Morgan fingerprint density at radius 1 is 1.21 bits per heavy atom. The molecule has 0 saturated heterocycles. The lowest BCUT2D eigenvalue weighted by molar-refractivity contribution is -0.146. The molecule has 2 N–H and O–H groups in total. The highest BCUT2D eigenvalue weighted by atomic mass is 16.5. The molecule has 8 heteroatoms. The minimum Gasteiger partial charge on any atom is -0.469 e. The molecular weight excluding hydrogens is 372 g/mol. The van der Waals surface area contributed by atoms with Gasteiger partial charge in [0, 0.05) is 24.1 Å². The zero-order valence-corrected chi connectivity index (χ0v) is 16.5. The van der Waals surface area contributed by atoms with E-state index in [1.54, 1.807) is 18.3 Å². The molecule has 3 rings (SSSR count). The Bertz CT molecular complexity index is 911. The van der Waals surface area contributed by atoms with Crippen LogP contribution in [-0.4, -0.2) is 34.7 Å². The number of carbonyl (C=O) groups excluding carboxylic acids is 2. The number of hydrogen-bond donors (Lipinski definition) is 2. The summed E-state index contributed by atoms with van der Waals surface area (Å²) in [5, 5.41) is 5.76. The summed E-state index contributed by atoms with van der Waals surface area (Å²) in [6.07, 6.45) is 7.55. The van der Waals surface area contributed by atoms with Crippen LogP contribution in [0.1, 0.15) is 37.7 Å². The van der Waals surface area contributed by atoms with Gasteiger partial charge in [0.2, 0.25) is 0 Å². The monoisotopic (exact) mass is 398 g/mol. The number of benzene rings is 1. The summed E-state index contributed by atoms with van der Waals surface area (Å²) in [6.45, 7) is 0.358. The third-order valence-electron chi connectivity index (χ3n) is 5.16. The highest BCUT2D eigenvalue weighted by Gasteiger charge is 2.31. The molecule has 1 aliphatic rings. The van der Waals surface area contributed by atoms with E-state index in [4.69, 9.17) is 4.74 Å². The zero-order chi connectivity index (χ0) is 20.6. The van der Waals surface area contributed by atoms with E-state index in [0.29, 0.717) is 18.7 Å². The molecule has 1 saturated carbocycles. The van der Waals surface area contributed by atoms with Gasteiger partial charge in [-0.25, -0.2) is 14.6 Å². The second-order valence-corrected chi connectivity index (χ2v) is 7.20. The molecule has 1 heterocycles. The lowest BCUT2D eigenvalue weighted by Crippen LogP contribution is -2.45. The average Bonchev–Trinajstić information content (AvgIpc) is 2.95. The van der Waals surface area contributed by atoms with Gasteiger partial charge in [-0.3, -0.25) is 9.36 Å².